The molecule has 0 saturated heterocycles. The molecule has 0 aliphatic rings. The van der Waals surface area contributed by atoms with Crippen molar-refractivity contribution in [2.45, 2.75) is 19.6 Å². The summed E-state index contributed by atoms with van der Waals surface area (Å²) in [4.78, 5) is 0. The zero-order valence-electron chi connectivity index (χ0n) is 10.5. The van der Waals surface area contributed by atoms with Crippen molar-refractivity contribution in [1.29, 1.82) is 0 Å². The fourth-order valence-corrected chi connectivity index (χ4v) is 1.79. The first-order chi connectivity index (χ1) is 9.19. The lowest BCUT2D eigenvalue weighted by Gasteiger charge is -2.06. The van der Waals surface area contributed by atoms with Crippen molar-refractivity contribution in [3.63, 3.8) is 0 Å². The third kappa shape index (κ3) is 3.84. The molecule has 2 aromatic rings. The SMILES string of the molecule is NCc1ccc(CNCc2ccc(F)c(F)c2)cc1. The van der Waals surface area contributed by atoms with Crippen LogP contribution in [0.4, 0.5) is 8.78 Å². The second-order valence-electron chi connectivity index (χ2n) is 4.37. The molecule has 0 aliphatic heterocycles. The van der Waals surface area contributed by atoms with Gasteiger partial charge in [0.1, 0.15) is 0 Å². The molecule has 0 radical (unpaired) electrons. The van der Waals surface area contributed by atoms with Crippen molar-refractivity contribution in [2.24, 2.45) is 5.73 Å². The third-order valence-electron chi connectivity index (χ3n) is 2.90. The maximum absolute atomic E-state index is 13.0. The first kappa shape index (κ1) is 13.6. The van der Waals surface area contributed by atoms with Crippen molar-refractivity contribution < 1.29 is 8.78 Å². The summed E-state index contributed by atoms with van der Waals surface area (Å²) in [6, 6.07) is 11.9. The molecule has 0 aromatic heterocycles. The highest BCUT2D eigenvalue weighted by Gasteiger charge is 2.02. The molecule has 0 heterocycles. The Kier molecular flexibility index (Phi) is 4.60. The number of benzene rings is 2. The summed E-state index contributed by atoms with van der Waals surface area (Å²) < 4.78 is 25.7. The van der Waals surface area contributed by atoms with Crippen molar-refractivity contribution in [3.8, 4) is 0 Å². The van der Waals surface area contributed by atoms with Crippen LogP contribution in [0.2, 0.25) is 0 Å². The number of hydrogen-bond acceptors (Lipinski definition) is 2. The highest BCUT2D eigenvalue weighted by molar-refractivity contribution is 5.22. The molecule has 4 heteroatoms. The molecule has 0 amide bonds. The summed E-state index contributed by atoms with van der Waals surface area (Å²) in [7, 11) is 0. The molecular formula is C15H16F2N2. The van der Waals surface area contributed by atoms with E-state index in [1.54, 1.807) is 6.07 Å². The van der Waals surface area contributed by atoms with E-state index in [1.165, 1.54) is 6.07 Å². The van der Waals surface area contributed by atoms with Crippen LogP contribution in [-0.4, -0.2) is 0 Å². The Hall–Kier alpha value is -1.78. The van der Waals surface area contributed by atoms with E-state index < -0.39 is 11.6 Å². The lowest BCUT2D eigenvalue weighted by Crippen LogP contribution is -2.13. The number of halogens is 2. The first-order valence-electron chi connectivity index (χ1n) is 6.11. The van der Waals surface area contributed by atoms with Crippen LogP contribution in [0.5, 0.6) is 0 Å². The predicted octanol–water partition coefficient (Wildman–Crippen LogP) is 2.71. The molecule has 100 valence electrons. The summed E-state index contributed by atoms with van der Waals surface area (Å²) in [5.74, 6) is -1.63. The van der Waals surface area contributed by atoms with Crippen LogP contribution in [-0.2, 0) is 19.6 Å². The summed E-state index contributed by atoms with van der Waals surface area (Å²) in [6.45, 7) is 1.70. The minimum Gasteiger partial charge on any atom is -0.326 e. The van der Waals surface area contributed by atoms with Gasteiger partial charge in [0.25, 0.3) is 0 Å². The van der Waals surface area contributed by atoms with Gasteiger partial charge < -0.3 is 11.1 Å². The van der Waals surface area contributed by atoms with E-state index >= 15 is 0 Å². The van der Waals surface area contributed by atoms with E-state index in [4.69, 9.17) is 5.73 Å². The molecule has 0 aliphatic carbocycles. The third-order valence-corrected chi connectivity index (χ3v) is 2.90. The smallest absolute Gasteiger partial charge is 0.159 e. The lowest BCUT2D eigenvalue weighted by atomic mass is 10.1. The Morgan fingerprint density at radius 3 is 2.00 bits per heavy atom. The van der Waals surface area contributed by atoms with Crippen molar-refractivity contribution in [3.05, 3.63) is 70.8 Å². The van der Waals surface area contributed by atoms with E-state index in [-0.39, 0.29) is 0 Å². The van der Waals surface area contributed by atoms with Gasteiger partial charge in [-0.15, -0.1) is 0 Å². The van der Waals surface area contributed by atoms with Gasteiger partial charge in [0.15, 0.2) is 11.6 Å². The van der Waals surface area contributed by atoms with Gasteiger partial charge in [-0.05, 0) is 28.8 Å². The molecule has 2 rings (SSSR count). The number of nitrogens with one attached hydrogen (secondary N) is 1. The van der Waals surface area contributed by atoms with Crippen molar-refractivity contribution >= 4 is 0 Å². The van der Waals surface area contributed by atoms with Crippen LogP contribution in [0.25, 0.3) is 0 Å². The monoisotopic (exact) mass is 262 g/mol. The quantitative estimate of drug-likeness (QED) is 0.869. The summed E-state index contributed by atoms with van der Waals surface area (Å²) in [5.41, 5.74) is 8.45. The molecule has 0 bridgehead atoms. The van der Waals surface area contributed by atoms with Gasteiger partial charge in [0, 0.05) is 19.6 Å². The molecule has 0 saturated carbocycles. The zero-order chi connectivity index (χ0) is 13.7. The molecule has 2 aromatic carbocycles. The minimum atomic E-state index is -0.818. The van der Waals surface area contributed by atoms with Gasteiger partial charge in [-0.2, -0.15) is 0 Å². The van der Waals surface area contributed by atoms with E-state index in [1.807, 2.05) is 24.3 Å². The Labute approximate surface area is 111 Å². The fraction of sp³-hybridized carbons (Fsp3) is 0.200. The van der Waals surface area contributed by atoms with Crippen LogP contribution >= 0.6 is 0 Å². The molecule has 0 unspecified atom stereocenters. The highest BCUT2D eigenvalue weighted by atomic mass is 19.2. The number of rotatable bonds is 5. The average molecular weight is 262 g/mol. The van der Waals surface area contributed by atoms with Gasteiger partial charge in [0.05, 0.1) is 0 Å². The second-order valence-corrected chi connectivity index (χ2v) is 4.37. The normalized spacial score (nSPS) is 10.7. The van der Waals surface area contributed by atoms with E-state index in [0.717, 1.165) is 22.8 Å². The van der Waals surface area contributed by atoms with Crippen LogP contribution in [0, 0.1) is 11.6 Å². The molecule has 0 spiro atoms. The number of hydrogen-bond donors (Lipinski definition) is 2. The maximum atomic E-state index is 13.0. The molecular weight excluding hydrogens is 246 g/mol. The number of nitrogens with two attached hydrogens (primary N) is 1. The van der Waals surface area contributed by atoms with Gasteiger partial charge in [0.2, 0.25) is 0 Å². The fourth-order valence-electron chi connectivity index (χ4n) is 1.79. The summed E-state index contributed by atoms with van der Waals surface area (Å²) >= 11 is 0. The Balaban J connectivity index is 1.86. The summed E-state index contributed by atoms with van der Waals surface area (Å²) in [6.07, 6.45) is 0. The van der Waals surface area contributed by atoms with Gasteiger partial charge in [-0.3, -0.25) is 0 Å². The Morgan fingerprint density at radius 1 is 0.789 bits per heavy atom. The molecule has 19 heavy (non-hydrogen) atoms. The zero-order valence-corrected chi connectivity index (χ0v) is 10.5. The van der Waals surface area contributed by atoms with E-state index in [0.29, 0.717) is 19.6 Å². The molecule has 2 nitrogen and oxygen atoms in total. The van der Waals surface area contributed by atoms with Crippen LogP contribution in [0.3, 0.4) is 0 Å². The molecule has 0 fully saturated rings. The largest absolute Gasteiger partial charge is 0.326 e. The predicted molar refractivity (Wildman–Crippen MR) is 71.2 cm³/mol. The minimum absolute atomic E-state index is 0.496. The Morgan fingerprint density at radius 2 is 1.37 bits per heavy atom. The average Bonchev–Trinajstić information content (AvgIpc) is 2.43. The molecule has 3 N–H and O–H groups in total. The van der Waals surface area contributed by atoms with Crippen LogP contribution in [0.15, 0.2) is 42.5 Å². The standard InChI is InChI=1S/C15H16F2N2/c16-14-6-5-13(7-15(14)17)10-19-9-12-3-1-11(8-18)2-4-12/h1-7,19H,8-10,18H2. The maximum Gasteiger partial charge on any atom is 0.159 e. The van der Waals surface area contributed by atoms with Crippen LogP contribution in [0.1, 0.15) is 16.7 Å². The van der Waals surface area contributed by atoms with Gasteiger partial charge in [-0.25, -0.2) is 8.78 Å². The highest BCUT2D eigenvalue weighted by Crippen LogP contribution is 2.09. The summed E-state index contributed by atoms with van der Waals surface area (Å²) in [5, 5.41) is 3.18. The second kappa shape index (κ2) is 6.41. The van der Waals surface area contributed by atoms with Crippen molar-refractivity contribution in [1.82, 2.24) is 5.32 Å². The van der Waals surface area contributed by atoms with Crippen molar-refractivity contribution in [2.75, 3.05) is 0 Å². The Bertz CT molecular complexity index is 538. The lowest BCUT2D eigenvalue weighted by molar-refractivity contribution is 0.506. The van der Waals surface area contributed by atoms with Gasteiger partial charge >= 0.3 is 0 Å². The topological polar surface area (TPSA) is 38.0 Å². The van der Waals surface area contributed by atoms with Gasteiger partial charge in [-0.1, -0.05) is 30.3 Å². The van der Waals surface area contributed by atoms with E-state index in [9.17, 15) is 8.78 Å². The van der Waals surface area contributed by atoms with E-state index in [2.05, 4.69) is 5.32 Å². The first-order valence-corrected chi connectivity index (χ1v) is 6.11. The molecule has 0 atom stereocenters. The van der Waals surface area contributed by atoms with Crippen LogP contribution < -0.4 is 11.1 Å².